The molecule has 1 fully saturated rings. The minimum Gasteiger partial charge on any atom is -0.336 e. The van der Waals surface area contributed by atoms with Crippen LogP contribution in [0.25, 0.3) is 0 Å². The Bertz CT molecular complexity index is 542. The molecule has 0 bridgehead atoms. The van der Waals surface area contributed by atoms with Gasteiger partial charge >= 0.3 is 0 Å². The third-order valence-corrected chi connectivity index (χ3v) is 4.79. The Morgan fingerprint density at radius 2 is 1.78 bits per heavy atom. The lowest BCUT2D eigenvalue weighted by Crippen LogP contribution is -2.35. The summed E-state index contributed by atoms with van der Waals surface area (Å²) in [5, 5.41) is 2.93. The zero-order valence-electron chi connectivity index (χ0n) is 14.5. The highest BCUT2D eigenvalue weighted by atomic mass is 16.2. The van der Waals surface area contributed by atoms with Crippen LogP contribution in [0, 0.1) is 19.8 Å². The lowest BCUT2D eigenvalue weighted by molar-refractivity contribution is -0.133. The SMILES string of the molecule is Cc1cccc(C)c1NC(=O)CN(C)C(=O)CCC1CCCC1. The summed E-state index contributed by atoms with van der Waals surface area (Å²) in [6.07, 6.45) is 6.62. The Kier molecular flexibility index (Phi) is 6.20. The fraction of sp³-hybridized carbons (Fsp3) is 0.579. The topological polar surface area (TPSA) is 49.4 Å². The van der Waals surface area contributed by atoms with Gasteiger partial charge in [0.2, 0.25) is 11.8 Å². The number of amides is 2. The summed E-state index contributed by atoms with van der Waals surface area (Å²) < 4.78 is 0. The fourth-order valence-corrected chi connectivity index (χ4v) is 3.31. The van der Waals surface area contributed by atoms with Crippen molar-refractivity contribution in [3.63, 3.8) is 0 Å². The van der Waals surface area contributed by atoms with Gasteiger partial charge < -0.3 is 10.2 Å². The molecule has 1 saturated carbocycles. The number of para-hydroxylation sites is 1. The number of likely N-dealkylation sites (N-methyl/N-ethyl adjacent to an activating group) is 1. The Morgan fingerprint density at radius 1 is 1.17 bits per heavy atom. The second kappa shape index (κ2) is 8.14. The molecule has 0 unspecified atom stereocenters. The number of carbonyl (C=O) groups is 2. The number of anilines is 1. The van der Waals surface area contributed by atoms with E-state index in [4.69, 9.17) is 0 Å². The molecule has 1 aromatic rings. The number of carbonyl (C=O) groups excluding carboxylic acids is 2. The summed E-state index contributed by atoms with van der Waals surface area (Å²) in [6.45, 7) is 4.05. The molecule has 0 aliphatic heterocycles. The van der Waals surface area contributed by atoms with Crippen molar-refractivity contribution in [3.05, 3.63) is 29.3 Å². The van der Waals surface area contributed by atoms with Gasteiger partial charge in [-0.25, -0.2) is 0 Å². The molecule has 0 saturated heterocycles. The van der Waals surface area contributed by atoms with Crippen molar-refractivity contribution in [1.29, 1.82) is 0 Å². The largest absolute Gasteiger partial charge is 0.336 e. The number of nitrogens with one attached hydrogen (secondary N) is 1. The zero-order chi connectivity index (χ0) is 16.8. The highest BCUT2D eigenvalue weighted by molar-refractivity contribution is 5.95. The van der Waals surface area contributed by atoms with Gasteiger partial charge in [0.05, 0.1) is 6.54 Å². The van der Waals surface area contributed by atoms with E-state index in [2.05, 4.69) is 5.32 Å². The summed E-state index contributed by atoms with van der Waals surface area (Å²) in [5.41, 5.74) is 2.92. The molecular formula is C19H28N2O2. The van der Waals surface area contributed by atoms with E-state index in [1.165, 1.54) is 30.6 Å². The number of nitrogens with zero attached hydrogens (tertiary/aromatic N) is 1. The van der Waals surface area contributed by atoms with E-state index in [0.717, 1.165) is 23.2 Å². The van der Waals surface area contributed by atoms with Crippen LogP contribution in [0.5, 0.6) is 0 Å². The molecule has 1 aliphatic carbocycles. The van der Waals surface area contributed by atoms with E-state index in [0.29, 0.717) is 12.3 Å². The molecular weight excluding hydrogens is 288 g/mol. The number of hydrogen-bond acceptors (Lipinski definition) is 2. The van der Waals surface area contributed by atoms with Crippen LogP contribution in [-0.4, -0.2) is 30.3 Å². The van der Waals surface area contributed by atoms with Gasteiger partial charge in [0, 0.05) is 19.2 Å². The predicted molar refractivity (Wildman–Crippen MR) is 93.4 cm³/mol. The van der Waals surface area contributed by atoms with Crippen molar-refractivity contribution in [1.82, 2.24) is 4.90 Å². The Labute approximate surface area is 139 Å². The lowest BCUT2D eigenvalue weighted by atomic mass is 10.0. The summed E-state index contributed by atoms with van der Waals surface area (Å²) in [6, 6.07) is 5.91. The van der Waals surface area contributed by atoms with E-state index in [-0.39, 0.29) is 18.4 Å². The monoisotopic (exact) mass is 316 g/mol. The molecule has 1 N–H and O–H groups in total. The van der Waals surface area contributed by atoms with Gasteiger partial charge in [0.15, 0.2) is 0 Å². The molecule has 0 radical (unpaired) electrons. The molecule has 0 spiro atoms. The van der Waals surface area contributed by atoms with Crippen LogP contribution in [0.1, 0.15) is 49.7 Å². The third-order valence-electron chi connectivity index (χ3n) is 4.79. The maximum absolute atomic E-state index is 12.2. The van der Waals surface area contributed by atoms with Crippen LogP contribution < -0.4 is 5.32 Å². The predicted octanol–water partition coefficient (Wildman–Crippen LogP) is 3.67. The van der Waals surface area contributed by atoms with Crippen molar-refractivity contribution in [2.24, 2.45) is 5.92 Å². The second-order valence-electron chi connectivity index (χ2n) is 6.75. The maximum Gasteiger partial charge on any atom is 0.243 e. The van der Waals surface area contributed by atoms with Crippen LogP contribution in [0.4, 0.5) is 5.69 Å². The first-order valence-electron chi connectivity index (χ1n) is 8.57. The molecule has 4 heteroatoms. The standard InChI is InChI=1S/C19H28N2O2/c1-14-7-6-8-15(2)19(14)20-17(22)13-21(3)18(23)12-11-16-9-4-5-10-16/h6-8,16H,4-5,9-13H2,1-3H3,(H,20,22). The van der Waals surface area contributed by atoms with Crippen LogP contribution in [0.3, 0.4) is 0 Å². The van der Waals surface area contributed by atoms with Crippen LogP contribution in [-0.2, 0) is 9.59 Å². The molecule has 126 valence electrons. The first-order chi connectivity index (χ1) is 11.0. The van der Waals surface area contributed by atoms with E-state index in [1.54, 1.807) is 7.05 Å². The van der Waals surface area contributed by atoms with Gasteiger partial charge in [0.25, 0.3) is 0 Å². The molecule has 2 amide bonds. The summed E-state index contributed by atoms with van der Waals surface area (Å²) >= 11 is 0. The third kappa shape index (κ3) is 5.08. The highest BCUT2D eigenvalue weighted by Gasteiger charge is 2.19. The van der Waals surface area contributed by atoms with Crippen LogP contribution in [0.2, 0.25) is 0 Å². The normalized spacial score (nSPS) is 14.7. The molecule has 0 aromatic heterocycles. The van der Waals surface area contributed by atoms with Gasteiger partial charge in [-0.15, -0.1) is 0 Å². The van der Waals surface area contributed by atoms with Crippen LogP contribution in [0.15, 0.2) is 18.2 Å². The smallest absolute Gasteiger partial charge is 0.243 e. The minimum absolute atomic E-state index is 0.0635. The Balaban J connectivity index is 1.80. The Hall–Kier alpha value is -1.84. The van der Waals surface area contributed by atoms with Gasteiger partial charge in [0.1, 0.15) is 0 Å². The fourth-order valence-electron chi connectivity index (χ4n) is 3.31. The Morgan fingerprint density at radius 3 is 2.39 bits per heavy atom. The average Bonchev–Trinajstić information content (AvgIpc) is 3.02. The molecule has 23 heavy (non-hydrogen) atoms. The van der Waals surface area contributed by atoms with Gasteiger partial charge in [-0.05, 0) is 37.3 Å². The van der Waals surface area contributed by atoms with E-state index >= 15 is 0 Å². The number of benzene rings is 1. The highest BCUT2D eigenvalue weighted by Crippen LogP contribution is 2.28. The van der Waals surface area contributed by atoms with E-state index in [9.17, 15) is 9.59 Å². The number of aryl methyl sites for hydroxylation is 2. The second-order valence-corrected chi connectivity index (χ2v) is 6.75. The molecule has 2 rings (SSSR count). The number of rotatable bonds is 6. The summed E-state index contributed by atoms with van der Waals surface area (Å²) in [5.74, 6) is 0.628. The molecule has 1 aromatic carbocycles. The van der Waals surface area contributed by atoms with Gasteiger partial charge in [-0.1, -0.05) is 43.9 Å². The summed E-state index contributed by atoms with van der Waals surface area (Å²) in [7, 11) is 1.71. The first kappa shape index (κ1) is 17.5. The van der Waals surface area contributed by atoms with E-state index in [1.807, 2.05) is 32.0 Å². The van der Waals surface area contributed by atoms with Crippen molar-refractivity contribution in [3.8, 4) is 0 Å². The molecule has 1 aliphatic rings. The molecule has 0 heterocycles. The van der Waals surface area contributed by atoms with Crippen molar-refractivity contribution in [2.75, 3.05) is 18.9 Å². The lowest BCUT2D eigenvalue weighted by Gasteiger charge is -2.19. The van der Waals surface area contributed by atoms with Gasteiger partial charge in [-0.2, -0.15) is 0 Å². The minimum atomic E-state index is -0.140. The number of hydrogen-bond donors (Lipinski definition) is 1. The zero-order valence-corrected chi connectivity index (χ0v) is 14.5. The summed E-state index contributed by atoms with van der Waals surface area (Å²) in [4.78, 5) is 25.9. The molecule has 0 atom stereocenters. The van der Waals surface area contributed by atoms with Crippen molar-refractivity contribution in [2.45, 2.75) is 52.4 Å². The van der Waals surface area contributed by atoms with Gasteiger partial charge in [-0.3, -0.25) is 9.59 Å². The van der Waals surface area contributed by atoms with Crippen molar-refractivity contribution < 1.29 is 9.59 Å². The first-order valence-corrected chi connectivity index (χ1v) is 8.57. The average molecular weight is 316 g/mol. The van der Waals surface area contributed by atoms with E-state index < -0.39 is 0 Å². The van der Waals surface area contributed by atoms with Crippen LogP contribution >= 0.6 is 0 Å². The quantitative estimate of drug-likeness (QED) is 0.870. The maximum atomic E-state index is 12.2. The van der Waals surface area contributed by atoms with Crippen molar-refractivity contribution >= 4 is 17.5 Å². The molecule has 4 nitrogen and oxygen atoms in total.